The number of fused-ring (bicyclic) bond motifs is 1. The standard InChI is InChI=1S/C9H8ClF3N2O2S/c1-4-14-7-2-5(9(11,12)13)6(10)3-8(7)18(16,17)15-4/h2-4,14-15H,1H3. The lowest BCUT2D eigenvalue weighted by atomic mass is 10.2. The number of anilines is 1. The lowest BCUT2D eigenvalue weighted by Crippen LogP contribution is -2.42. The summed E-state index contributed by atoms with van der Waals surface area (Å²) in [5.41, 5.74) is -1.18. The van der Waals surface area contributed by atoms with Crippen LogP contribution in [0.15, 0.2) is 17.0 Å². The molecule has 1 unspecified atom stereocenters. The summed E-state index contributed by atoms with van der Waals surface area (Å²) in [6, 6.07) is 1.49. The van der Waals surface area contributed by atoms with E-state index < -0.39 is 33.0 Å². The van der Waals surface area contributed by atoms with Gasteiger partial charge in [-0.15, -0.1) is 0 Å². The second-order valence-electron chi connectivity index (χ2n) is 3.81. The lowest BCUT2D eigenvalue weighted by Gasteiger charge is -2.26. The number of sulfonamides is 1. The Balaban J connectivity index is 2.67. The van der Waals surface area contributed by atoms with Gasteiger partial charge in [0.25, 0.3) is 0 Å². The van der Waals surface area contributed by atoms with E-state index in [0.717, 1.165) is 6.07 Å². The van der Waals surface area contributed by atoms with Gasteiger partial charge in [0.2, 0.25) is 10.0 Å². The van der Waals surface area contributed by atoms with Crippen LogP contribution in [0.4, 0.5) is 18.9 Å². The molecule has 2 N–H and O–H groups in total. The van der Waals surface area contributed by atoms with Crippen LogP contribution in [0.3, 0.4) is 0 Å². The summed E-state index contributed by atoms with van der Waals surface area (Å²) in [4.78, 5) is -0.293. The van der Waals surface area contributed by atoms with Gasteiger partial charge in [0.05, 0.1) is 22.4 Å². The molecule has 2 rings (SSSR count). The molecular weight excluding hydrogens is 293 g/mol. The molecule has 0 amide bonds. The summed E-state index contributed by atoms with van der Waals surface area (Å²) < 4.78 is 63.5. The molecule has 0 saturated carbocycles. The van der Waals surface area contributed by atoms with Gasteiger partial charge >= 0.3 is 6.18 Å². The largest absolute Gasteiger partial charge is 0.417 e. The molecule has 1 heterocycles. The van der Waals surface area contributed by atoms with E-state index in [-0.39, 0.29) is 10.6 Å². The van der Waals surface area contributed by atoms with Gasteiger partial charge in [-0.1, -0.05) is 11.6 Å². The van der Waals surface area contributed by atoms with Gasteiger partial charge < -0.3 is 5.32 Å². The number of nitrogens with one attached hydrogen (secondary N) is 2. The minimum absolute atomic E-state index is 0.113. The number of hydrogen-bond acceptors (Lipinski definition) is 3. The molecule has 0 aromatic heterocycles. The fraction of sp³-hybridized carbons (Fsp3) is 0.333. The first kappa shape index (κ1) is 13.4. The zero-order valence-electron chi connectivity index (χ0n) is 8.97. The van der Waals surface area contributed by atoms with Crippen molar-refractivity contribution in [3.63, 3.8) is 0 Å². The van der Waals surface area contributed by atoms with E-state index in [0.29, 0.717) is 6.07 Å². The van der Waals surface area contributed by atoms with Crippen LogP contribution in [-0.2, 0) is 16.2 Å². The van der Waals surface area contributed by atoms with Gasteiger partial charge in [0.1, 0.15) is 4.90 Å². The van der Waals surface area contributed by atoms with Gasteiger partial charge in [0, 0.05) is 0 Å². The summed E-state index contributed by atoms with van der Waals surface area (Å²) in [7, 11) is -3.84. The number of benzene rings is 1. The van der Waals surface area contributed by atoms with E-state index in [9.17, 15) is 21.6 Å². The molecule has 0 saturated heterocycles. The number of alkyl halides is 3. The van der Waals surface area contributed by atoms with Crippen molar-refractivity contribution in [1.82, 2.24) is 4.72 Å². The molecule has 1 aromatic carbocycles. The molecule has 1 aliphatic rings. The van der Waals surface area contributed by atoms with Crippen LogP contribution in [0.2, 0.25) is 5.02 Å². The molecule has 0 aliphatic carbocycles. The van der Waals surface area contributed by atoms with Crippen molar-refractivity contribution in [2.45, 2.75) is 24.2 Å². The first-order valence-electron chi connectivity index (χ1n) is 4.81. The summed E-state index contributed by atoms with van der Waals surface area (Å²) in [6.45, 7) is 1.47. The second-order valence-corrected chi connectivity index (χ2v) is 5.90. The molecule has 100 valence electrons. The Morgan fingerprint density at radius 3 is 2.50 bits per heavy atom. The Bertz CT molecular complexity index is 601. The molecule has 0 radical (unpaired) electrons. The van der Waals surface area contributed by atoms with E-state index in [1.54, 1.807) is 0 Å². The van der Waals surface area contributed by atoms with Crippen molar-refractivity contribution in [3.05, 3.63) is 22.7 Å². The highest BCUT2D eigenvalue weighted by molar-refractivity contribution is 7.89. The van der Waals surface area contributed by atoms with Crippen LogP contribution < -0.4 is 10.0 Å². The summed E-state index contributed by atoms with van der Waals surface area (Å²) >= 11 is 5.47. The van der Waals surface area contributed by atoms with E-state index in [4.69, 9.17) is 11.6 Å². The lowest BCUT2D eigenvalue weighted by molar-refractivity contribution is -0.137. The zero-order valence-corrected chi connectivity index (χ0v) is 10.5. The third kappa shape index (κ3) is 2.27. The van der Waals surface area contributed by atoms with E-state index in [1.807, 2.05) is 0 Å². The maximum atomic E-state index is 12.6. The van der Waals surface area contributed by atoms with Crippen molar-refractivity contribution >= 4 is 27.3 Å². The zero-order chi connectivity index (χ0) is 13.7. The molecule has 0 spiro atoms. The van der Waals surface area contributed by atoms with Gasteiger partial charge in [-0.05, 0) is 19.1 Å². The highest BCUT2D eigenvalue weighted by atomic mass is 35.5. The quantitative estimate of drug-likeness (QED) is 0.773. The topological polar surface area (TPSA) is 58.2 Å². The van der Waals surface area contributed by atoms with Crippen molar-refractivity contribution in [2.24, 2.45) is 0 Å². The Labute approximate surface area is 106 Å². The third-order valence-corrected chi connectivity index (χ3v) is 4.26. The van der Waals surface area contributed by atoms with Crippen LogP contribution in [0, 0.1) is 0 Å². The van der Waals surface area contributed by atoms with Gasteiger partial charge in [-0.2, -0.15) is 17.9 Å². The average Bonchev–Trinajstić information content (AvgIpc) is 2.15. The smallest absolute Gasteiger partial charge is 0.368 e. The third-order valence-electron chi connectivity index (χ3n) is 2.37. The first-order valence-corrected chi connectivity index (χ1v) is 6.67. The van der Waals surface area contributed by atoms with Crippen molar-refractivity contribution in [1.29, 1.82) is 0 Å². The predicted molar refractivity (Wildman–Crippen MR) is 59.9 cm³/mol. The van der Waals surface area contributed by atoms with E-state index >= 15 is 0 Å². The molecule has 0 bridgehead atoms. The molecule has 1 aliphatic heterocycles. The molecule has 1 aromatic rings. The predicted octanol–water partition coefficient (Wildman–Crippen LogP) is 2.41. The normalized spacial score (nSPS) is 22.2. The number of hydrogen-bond donors (Lipinski definition) is 2. The van der Waals surface area contributed by atoms with Crippen LogP contribution >= 0.6 is 11.6 Å². The van der Waals surface area contributed by atoms with Crippen LogP contribution in [-0.4, -0.2) is 14.6 Å². The van der Waals surface area contributed by atoms with Crippen LogP contribution in [0.25, 0.3) is 0 Å². The fourth-order valence-electron chi connectivity index (χ4n) is 1.67. The average molecular weight is 301 g/mol. The summed E-state index contributed by atoms with van der Waals surface area (Å²) in [5, 5.41) is 1.96. The van der Waals surface area contributed by atoms with Crippen LogP contribution in [0.5, 0.6) is 0 Å². The maximum Gasteiger partial charge on any atom is 0.417 e. The van der Waals surface area contributed by atoms with Crippen LogP contribution in [0.1, 0.15) is 12.5 Å². The molecule has 4 nitrogen and oxygen atoms in total. The highest BCUT2D eigenvalue weighted by Crippen LogP contribution is 2.39. The first-order chi connectivity index (χ1) is 8.11. The Morgan fingerprint density at radius 1 is 1.33 bits per heavy atom. The Morgan fingerprint density at radius 2 is 1.94 bits per heavy atom. The van der Waals surface area contributed by atoms with Gasteiger partial charge in [-0.25, -0.2) is 8.42 Å². The maximum absolute atomic E-state index is 12.6. The van der Waals surface area contributed by atoms with Gasteiger partial charge in [-0.3, -0.25) is 0 Å². The van der Waals surface area contributed by atoms with Gasteiger partial charge in [0.15, 0.2) is 0 Å². The van der Waals surface area contributed by atoms with Crippen molar-refractivity contribution < 1.29 is 21.6 Å². The summed E-state index contributed by atoms with van der Waals surface area (Å²) in [6.07, 6.45) is -5.32. The monoisotopic (exact) mass is 300 g/mol. The fourth-order valence-corrected chi connectivity index (χ4v) is 3.33. The minimum atomic E-state index is -4.63. The van der Waals surface area contributed by atoms with Crippen molar-refractivity contribution in [3.8, 4) is 0 Å². The molecule has 18 heavy (non-hydrogen) atoms. The highest BCUT2D eigenvalue weighted by Gasteiger charge is 2.37. The number of rotatable bonds is 0. The van der Waals surface area contributed by atoms with E-state index in [1.165, 1.54) is 6.92 Å². The Kier molecular flexibility index (Phi) is 2.99. The van der Waals surface area contributed by atoms with E-state index in [2.05, 4.69) is 10.0 Å². The van der Waals surface area contributed by atoms with Crippen molar-refractivity contribution in [2.75, 3.05) is 5.32 Å². The Hall–Kier alpha value is -0.990. The molecule has 0 fully saturated rings. The second kappa shape index (κ2) is 4.01. The summed E-state index contributed by atoms with van der Waals surface area (Å²) in [5.74, 6) is 0. The molecular formula is C9H8ClF3N2O2S. The SMILES string of the molecule is CC1Nc2cc(C(F)(F)F)c(Cl)cc2S(=O)(=O)N1. The minimum Gasteiger partial charge on any atom is -0.368 e. The number of halogens is 4. The molecule has 1 atom stereocenters. The molecule has 9 heteroatoms.